The lowest BCUT2D eigenvalue weighted by Crippen LogP contribution is -2.07. The van der Waals surface area contributed by atoms with Gasteiger partial charge < -0.3 is 4.74 Å². The van der Waals surface area contributed by atoms with Crippen molar-refractivity contribution < 1.29 is 9.53 Å². The normalized spacial score (nSPS) is 23.8. The summed E-state index contributed by atoms with van der Waals surface area (Å²) in [5, 5.41) is 9.26. The third-order valence-electron chi connectivity index (χ3n) is 3.78. The molecular weight excluding hydrogens is 270 g/mol. The summed E-state index contributed by atoms with van der Waals surface area (Å²) in [5.41, 5.74) is -0.132. The standard InChI is InChI=1S/C16H17NO2S/c1-16(2)13(14(16)15(18)19-3)9-12(10-17)20-11-7-5-4-6-8-11/h4-9,13-14H,1-3H3/t13-,14+/m1/s1. The highest BCUT2D eigenvalue weighted by Crippen LogP contribution is 2.60. The fourth-order valence-electron chi connectivity index (χ4n) is 2.44. The number of ether oxygens (including phenoxy) is 1. The first kappa shape index (κ1) is 14.7. The number of thioether (sulfide) groups is 1. The fourth-order valence-corrected chi connectivity index (χ4v) is 3.25. The van der Waals surface area contributed by atoms with Crippen molar-refractivity contribution in [2.45, 2.75) is 18.7 Å². The second kappa shape index (κ2) is 5.72. The van der Waals surface area contributed by atoms with Crippen LogP contribution in [0.2, 0.25) is 0 Å². The molecule has 4 heteroatoms. The zero-order valence-electron chi connectivity index (χ0n) is 11.8. The lowest BCUT2D eigenvalue weighted by atomic mass is 10.1. The molecule has 2 atom stereocenters. The maximum Gasteiger partial charge on any atom is 0.309 e. The van der Waals surface area contributed by atoms with E-state index in [1.54, 1.807) is 0 Å². The number of carbonyl (C=O) groups is 1. The van der Waals surface area contributed by atoms with Gasteiger partial charge in [-0.25, -0.2) is 0 Å². The van der Waals surface area contributed by atoms with Crippen LogP contribution in [0, 0.1) is 28.6 Å². The van der Waals surface area contributed by atoms with Crippen LogP contribution < -0.4 is 0 Å². The molecule has 3 nitrogen and oxygen atoms in total. The summed E-state index contributed by atoms with van der Waals surface area (Å²) in [5.74, 6) is -0.272. The van der Waals surface area contributed by atoms with Crippen LogP contribution in [0.1, 0.15) is 13.8 Å². The molecule has 1 aromatic carbocycles. The van der Waals surface area contributed by atoms with E-state index in [0.717, 1.165) is 4.90 Å². The van der Waals surface area contributed by atoms with Crippen molar-refractivity contribution in [3.63, 3.8) is 0 Å². The molecular formula is C16H17NO2S. The van der Waals surface area contributed by atoms with E-state index in [-0.39, 0.29) is 23.2 Å². The molecule has 0 bridgehead atoms. The number of benzene rings is 1. The van der Waals surface area contributed by atoms with Crippen molar-refractivity contribution in [1.29, 1.82) is 5.26 Å². The highest BCUT2D eigenvalue weighted by Gasteiger charge is 2.61. The highest BCUT2D eigenvalue weighted by atomic mass is 32.2. The molecule has 0 N–H and O–H groups in total. The summed E-state index contributed by atoms with van der Waals surface area (Å²) in [6.45, 7) is 4.05. The Hall–Kier alpha value is -1.73. The molecule has 0 amide bonds. The molecule has 0 unspecified atom stereocenters. The minimum absolute atomic E-state index is 0.0702. The van der Waals surface area contributed by atoms with E-state index in [9.17, 15) is 10.1 Å². The van der Waals surface area contributed by atoms with Crippen molar-refractivity contribution in [2.24, 2.45) is 17.3 Å². The molecule has 1 aromatic rings. The van der Waals surface area contributed by atoms with Crippen LogP contribution in [-0.4, -0.2) is 13.1 Å². The molecule has 1 aliphatic carbocycles. The van der Waals surface area contributed by atoms with Gasteiger partial charge in [0.2, 0.25) is 0 Å². The first-order valence-corrected chi connectivity index (χ1v) is 7.25. The van der Waals surface area contributed by atoms with Crippen molar-refractivity contribution in [1.82, 2.24) is 0 Å². The van der Waals surface area contributed by atoms with E-state index < -0.39 is 0 Å². The Bertz CT molecular complexity index is 572. The van der Waals surface area contributed by atoms with Crippen LogP contribution >= 0.6 is 11.8 Å². The second-order valence-corrected chi connectivity index (χ2v) is 6.52. The summed E-state index contributed by atoms with van der Waals surface area (Å²) in [7, 11) is 1.40. The minimum Gasteiger partial charge on any atom is -0.469 e. The van der Waals surface area contributed by atoms with Crippen molar-refractivity contribution in [3.8, 4) is 6.07 Å². The van der Waals surface area contributed by atoms with Crippen LogP contribution in [0.15, 0.2) is 46.2 Å². The van der Waals surface area contributed by atoms with Crippen LogP contribution in [0.5, 0.6) is 0 Å². The van der Waals surface area contributed by atoms with Gasteiger partial charge in [0, 0.05) is 4.90 Å². The van der Waals surface area contributed by atoms with Gasteiger partial charge in [-0.2, -0.15) is 5.26 Å². The van der Waals surface area contributed by atoms with Gasteiger partial charge in [-0.3, -0.25) is 4.79 Å². The number of methoxy groups -OCH3 is 1. The summed E-state index contributed by atoms with van der Waals surface area (Å²) >= 11 is 1.43. The smallest absolute Gasteiger partial charge is 0.309 e. The molecule has 0 spiro atoms. The molecule has 1 fully saturated rings. The SMILES string of the molecule is COC(=O)[C@@H]1[C@@H](C=C(C#N)Sc2ccccc2)C1(C)C. The number of esters is 1. The van der Waals surface area contributed by atoms with Crippen molar-refractivity contribution >= 4 is 17.7 Å². The predicted octanol–water partition coefficient (Wildman–Crippen LogP) is 3.63. The number of allylic oxidation sites excluding steroid dienone is 2. The molecule has 0 heterocycles. The van der Waals surface area contributed by atoms with E-state index in [1.165, 1.54) is 18.9 Å². The van der Waals surface area contributed by atoms with E-state index in [4.69, 9.17) is 4.74 Å². The largest absolute Gasteiger partial charge is 0.469 e. The van der Waals surface area contributed by atoms with E-state index >= 15 is 0 Å². The minimum atomic E-state index is -0.196. The number of hydrogen-bond acceptors (Lipinski definition) is 4. The topological polar surface area (TPSA) is 50.1 Å². The Labute approximate surface area is 123 Å². The third-order valence-corrected chi connectivity index (χ3v) is 4.73. The van der Waals surface area contributed by atoms with Gasteiger partial charge >= 0.3 is 5.97 Å². The monoisotopic (exact) mass is 287 g/mol. The van der Waals surface area contributed by atoms with Crippen LogP contribution in [0.25, 0.3) is 0 Å². The zero-order valence-corrected chi connectivity index (χ0v) is 12.6. The third kappa shape index (κ3) is 2.88. The molecule has 104 valence electrons. The van der Waals surface area contributed by atoms with Gasteiger partial charge in [-0.1, -0.05) is 49.9 Å². The van der Waals surface area contributed by atoms with Gasteiger partial charge in [-0.05, 0) is 23.5 Å². The molecule has 0 saturated heterocycles. The molecule has 1 aliphatic rings. The first-order chi connectivity index (χ1) is 9.50. The Morgan fingerprint density at radius 3 is 2.60 bits per heavy atom. The number of nitriles is 1. The Morgan fingerprint density at radius 1 is 1.40 bits per heavy atom. The maximum absolute atomic E-state index is 11.7. The quantitative estimate of drug-likeness (QED) is 0.482. The van der Waals surface area contributed by atoms with Crippen molar-refractivity contribution in [2.75, 3.05) is 7.11 Å². The lowest BCUT2D eigenvalue weighted by Gasteiger charge is -2.00. The van der Waals surface area contributed by atoms with Gasteiger partial charge in [0.1, 0.15) is 6.07 Å². The molecule has 0 radical (unpaired) electrons. The van der Waals surface area contributed by atoms with E-state index in [1.807, 2.05) is 50.3 Å². The van der Waals surface area contributed by atoms with Gasteiger partial charge in [-0.15, -0.1) is 0 Å². The fraction of sp³-hybridized carbons (Fsp3) is 0.375. The van der Waals surface area contributed by atoms with E-state index in [0.29, 0.717) is 4.91 Å². The van der Waals surface area contributed by atoms with Gasteiger partial charge in [0.05, 0.1) is 17.9 Å². The molecule has 0 aromatic heterocycles. The Kier molecular flexibility index (Phi) is 4.20. The average Bonchev–Trinajstić information content (AvgIpc) is 2.99. The molecule has 20 heavy (non-hydrogen) atoms. The van der Waals surface area contributed by atoms with Crippen LogP contribution in [0.4, 0.5) is 0 Å². The highest BCUT2D eigenvalue weighted by molar-refractivity contribution is 8.03. The summed E-state index contributed by atoms with van der Waals surface area (Å²) in [4.78, 5) is 13.3. The molecule has 0 aliphatic heterocycles. The summed E-state index contributed by atoms with van der Waals surface area (Å²) in [6.07, 6.45) is 1.90. The predicted molar refractivity (Wildman–Crippen MR) is 78.8 cm³/mol. The Balaban J connectivity index is 2.13. The molecule has 2 rings (SSSR count). The lowest BCUT2D eigenvalue weighted by molar-refractivity contribution is -0.143. The van der Waals surface area contributed by atoms with Crippen molar-refractivity contribution in [3.05, 3.63) is 41.3 Å². The van der Waals surface area contributed by atoms with Crippen LogP contribution in [-0.2, 0) is 9.53 Å². The van der Waals surface area contributed by atoms with Gasteiger partial charge in [0.25, 0.3) is 0 Å². The van der Waals surface area contributed by atoms with Crippen LogP contribution in [0.3, 0.4) is 0 Å². The zero-order chi connectivity index (χ0) is 14.8. The maximum atomic E-state index is 11.7. The first-order valence-electron chi connectivity index (χ1n) is 6.43. The number of nitrogens with zero attached hydrogens (tertiary/aromatic N) is 1. The molecule has 1 saturated carbocycles. The number of hydrogen-bond donors (Lipinski definition) is 0. The number of rotatable bonds is 4. The summed E-state index contributed by atoms with van der Waals surface area (Å²) < 4.78 is 4.82. The second-order valence-electron chi connectivity index (χ2n) is 5.41. The summed E-state index contributed by atoms with van der Waals surface area (Å²) in [6, 6.07) is 12.0. The van der Waals surface area contributed by atoms with E-state index in [2.05, 4.69) is 6.07 Å². The average molecular weight is 287 g/mol. The van der Waals surface area contributed by atoms with Gasteiger partial charge in [0.15, 0.2) is 0 Å². The Morgan fingerprint density at radius 2 is 2.05 bits per heavy atom. The number of carbonyl (C=O) groups excluding carboxylic acids is 1.